The van der Waals surface area contributed by atoms with Crippen LogP contribution in [0.4, 0.5) is 10.1 Å². The summed E-state index contributed by atoms with van der Waals surface area (Å²) >= 11 is 9.07. The number of nitrogen functional groups attached to an aromatic ring is 1. The number of nitrogens with two attached hydrogens (primary N) is 1. The van der Waals surface area contributed by atoms with Crippen molar-refractivity contribution in [2.24, 2.45) is 0 Å². The van der Waals surface area contributed by atoms with Gasteiger partial charge in [-0.05, 0) is 30.3 Å². The van der Waals surface area contributed by atoms with Gasteiger partial charge in [0.2, 0.25) is 0 Å². The first-order valence-electron chi connectivity index (χ1n) is 5.18. The molecule has 0 aromatic heterocycles. The number of halogens is 3. The van der Waals surface area contributed by atoms with Crippen molar-refractivity contribution in [1.29, 1.82) is 0 Å². The topological polar surface area (TPSA) is 35.2 Å². The maximum Gasteiger partial charge on any atom is 0.142 e. The molecule has 0 fully saturated rings. The van der Waals surface area contributed by atoms with Crippen molar-refractivity contribution in [3.05, 3.63) is 57.3 Å². The molecule has 0 spiro atoms. The number of benzene rings is 2. The Hall–Kier alpha value is -1.26. The molecule has 0 atom stereocenters. The van der Waals surface area contributed by atoms with E-state index in [2.05, 4.69) is 15.9 Å². The van der Waals surface area contributed by atoms with Crippen molar-refractivity contribution in [2.45, 2.75) is 6.61 Å². The van der Waals surface area contributed by atoms with Crippen molar-refractivity contribution in [3.63, 3.8) is 0 Å². The first kappa shape index (κ1) is 13.2. The van der Waals surface area contributed by atoms with Crippen molar-refractivity contribution in [2.75, 3.05) is 5.73 Å². The molecule has 2 aromatic rings. The van der Waals surface area contributed by atoms with Crippen LogP contribution in [-0.2, 0) is 6.61 Å². The predicted octanol–water partition coefficient (Wildman–Crippen LogP) is 4.40. The van der Waals surface area contributed by atoms with Gasteiger partial charge in [0.1, 0.15) is 18.2 Å². The highest BCUT2D eigenvalue weighted by Crippen LogP contribution is 2.27. The van der Waals surface area contributed by atoms with Crippen LogP contribution in [0.3, 0.4) is 0 Å². The molecule has 0 aliphatic heterocycles. The minimum Gasteiger partial charge on any atom is -0.487 e. The van der Waals surface area contributed by atoms with Crippen LogP contribution >= 0.6 is 27.5 Å². The van der Waals surface area contributed by atoms with E-state index < -0.39 is 0 Å². The van der Waals surface area contributed by atoms with Gasteiger partial charge in [0.05, 0.1) is 5.69 Å². The van der Waals surface area contributed by atoms with Crippen LogP contribution in [-0.4, -0.2) is 0 Å². The second-order valence-electron chi connectivity index (χ2n) is 3.71. The minimum atomic E-state index is -0.295. The van der Waals surface area contributed by atoms with E-state index in [1.807, 2.05) is 0 Å². The highest BCUT2D eigenvalue weighted by molar-refractivity contribution is 9.10. The van der Waals surface area contributed by atoms with E-state index in [4.69, 9.17) is 22.1 Å². The molecule has 0 unspecified atom stereocenters. The second kappa shape index (κ2) is 5.59. The third kappa shape index (κ3) is 3.15. The number of ether oxygens (including phenoxy) is 1. The summed E-state index contributed by atoms with van der Waals surface area (Å²) in [6.45, 7) is 0.298. The molecule has 0 bridgehead atoms. The molecule has 0 saturated heterocycles. The summed E-state index contributed by atoms with van der Waals surface area (Å²) in [4.78, 5) is 0. The summed E-state index contributed by atoms with van der Waals surface area (Å²) in [5.41, 5.74) is 7.08. The summed E-state index contributed by atoms with van der Waals surface area (Å²) in [6, 6.07) is 9.46. The van der Waals surface area contributed by atoms with Crippen molar-refractivity contribution >= 4 is 33.2 Å². The maximum absolute atomic E-state index is 12.9. The zero-order valence-corrected chi connectivity index (χ0v) is 11.6. The smallest absolute Gasteiger partial charge is 0.142 e. The van der Waals surface area contributed by atoms with Crippen molar-refractivity contribution in [3.8, 4) is 5.75 Å². The lowest BCUT2D eigenvalue weighted by molar-refractivity contribution is 0.307. The molecule has 94 valence electrons. The lowest BCUT2D eigenvalue weighted by Crippen LogP contribution is -1.99. The van der Waals surface area contributed by atoms with Gasteiger partial charge < -0.3 is 10.5 Å². The SMILES string of the molecule is Nc1cc(Cl)ccc1OCc1ccc(F)cc1Br. The summed E-state index contributed by atoms with van der Waals surface area (Å²) < 4.78 is 19.1. The highest BCUT2D eigenvalue weighted by atomic mass is 79.9. The quantitative estimate of drug-likeness (QED) is 0.846. The molecule has 0 aliphatic carbocycles. The normalized spacial score (nSPS) is 10.4. The molecule has 5 heteroatoms. The van der Waals surface area contributed by atoms with E-state index >= 15 is 0 Å². The fourth-order valence-corrected chi connectivity index (χ4v) is 2.09. The molecular weight excluding hydrogens is 321 g/mol. The lowest BCUT2D eigenvalue weighted by atomic mass is 10.2. The Bertz CT molecular complexity index is 525. The monoisotopic (exact) mass is 329 g/mol. The van der Waals surface area contributed by atoms with E-state index in [-0.39, 0.29) is 5.82 Å². The van der Waals surface area contributed by atoms with Gasteiger partial charge in [0.25, 0.3) is 0 Å². The van der Waals surface area contributed by atoms with Crippen LogP contribution in [0.2, 0.25) is 5.02 Å². The molecule has 0 saturated carbocycles. The molecule has 2 rings (SSSR count). The van der Waals surface area contributed by atoms with Gasteiger partial charge in [-0.1, -0.05) is 33.6 Å². The molecule has 0 aliphatic rings. The zero-order valence-electron chi connectivity index (χ0n) is 9.29. The average Bonchev–Trinajstić information content (AvgIpc) is 2.30. The lowest BCUT2D eigenvalue weighted by Gasteiger charge is -2.10. The first-order valence-corrected chi connectivity index (χ1v) is 6.35. The van der Waals surface area contributed by atoms with E-state index in [9.17, 15) is 4.39 Å². The van der Waals surface area contributed by atoms with Gasteiger partial charge >= 0.3 is 0 Å². The van der Waals surface area contributed by atoms with Crippen LogP contribution in [0, 0.1) is 5.82 Å². The van der Waals surface area contributed by atoms with Gasteiger partial charge in [0.15, 0.2) is 0 Å². The van der Waals surface area contributed by atoms with E-state index in [1.165, 1.54) is 12.1 Å². The standard InChI is InChI=1S/C13H10BrClFNO/c14-11-6-10(16)3-1-8(11)7-18-13-4-2-9(15)5-12(13)17/h1-6H,7,17H2. The Labute approximate surface area is 118 Å². The average molecular weight is 331 g/mol. The van der Waals surface area contributed by atoms with E-state index in [1.54, 1.807) is 24.3 Å². The Morgan fingerprint density at radius 3 is 2.67 bits per heavy atom. The Balaban J connectivity index is 2.11. The molecule has 18 heavy (non-hydrogen) atoms. The third-order valence-corrected chi connectivity index (χ3v) is 3.34. The highest BCUT2D eigenvalue weighted by Gasteiger charge is 2.05. The zero-order chi connectivity index (χ0) is 13.1. The fourth-order valence-electron chi connectivity index (χ4n) is 1.45. The second-order valence-corrected chi connectivity index (χ2v) is 5.00. The molecule has 0 radical (unpaired) electrons. The number of anilines is 1. The predicted molar refractivity (Wildman–Crippen MR) is 74.3 cm³/mol. The van der Waals surface area contributed by atoms with Crippen LogP contribution in [0.15, 0.2) is 40.9 Å². The van der Waals surface area contributed by atoms with E-state index in [0.29, 0.717) is 27.5 Å². The third-order valence-electron chi connectivity index (χ3n) is 2.37. The molecule has 2 N–H and O–H groups in total. The van der Waals surface area contributed by atoms with Crippen molar-refractivity contribution in [1.82, 2.24) is 0 Å². The Morgan fingerprint density at radius 2 is 2.00 bits per heavy atom. The molecule has 0 heterocycles. The van der Waals surface area contributed by atoms with Gasteiger partial charge in [-0.2, -0.15) is 0 Å². The first-order chi connectivity index (χ1) is 8.56. The largest absolute Gasteiger partial charge is 0.487 e. The van der Waals surface area contributed by atoms with Gasteiger partial charge in [-0.15, -0.1) is 0 Å². The summed E-state index contributed by atoms with van der Waals surface area (Å²) in [6.07, 6.45) is 0. The molecular formula is C13H10BrClFNO. The maximum atomic E-state index is 12.9. The van der Waals surface area contributed by atoms with Gasteiger partial charge in [-0.3, -0.25) is 0 Å². The van der Waals surface area contributed by atoms with Crippen LogP contribution in [0.5, 0.6) is 5.75 Å². The van der Waals surface area contributed by atoms with Crippen LogP contribution < -0.4 is 10.5 Å². The van der Waals surface area contributed by atoms with Crippen molar-refractivity contribution < 1.29 is 9.13 Å². The molecule has 2 aromatic carbocycles. The summed E-state index contributed by atoms with van der Waals surface area (Å²) in [5, 5.41) is 0.558. The van der Waals surface area contributed by atoms with Gasteiger partial charge in [-0.25, -0.2) is 4.39 Å². The van der Waals surface area contributed by atoms with Gasteiger partial charge in [0, 0.05) is 15.1 Å². The number of rotatable bonds is 3. The fraction of sp³-hybridized carbons (Fsp3) is 0.0769. The molecule has 2 nitrogen and oxygen atoms in total. The van der Waals surface area contributed by atoms with Crippen LogP contribution in [0.1, 0.15) is 5.56 Å². The van der Waals surface area contributed by atoms with E-state index in [0.717, 1.165) is 5.56 Å². The van der Waals surface area contributed by atoms with Crippen LogP contribution in [0.25, 0.3) is 0 Å². The molecule has 0 amide bonds. The number of hydrogen-bond donors (Lipinski definition) is 1. The number of hydrogen-bond acceptors (Lipinski definition) is 2. The summed E-state index contributed by atoms with van der Waals surface area (Å²) in [5.74, 6) is 0.257. The Kier molecular flexibility index (Phi) is 4.09. The minimum absolute atomic E-state index is 0.295. The summed E-state index contributed by atoms with van der Waals surface area (Å²) in [7, 11) is 0. The Morgan fingerprint density at radius 1 is 1.22 bits per heavy atom.